The summed E-state index contributed by atoms with van der Waals surface area (Å²) in [4.78, 5) is 13.9. The lowest BCUT2D eigenvalue weighted by Gasteiger charge is -2.21. The van der Waals surface area contributed by atoms with Crippen LogP contribution in [0.2, 0.25) is 5.02 Å². The lowest BCUT2D eigenvalue weighted by Crippen LogP contribution is -2.36. The number of likely N-dealkylation sites (N-methyl/N-ethyl adjacent to an activating group) is 1. The van der Waals surface area contributed by atoms with Crippen LogP contribution in [0.1, 0.15) is 18.4 Å². The first-order valence-electron chi connectivity index (χ1n) is 6.45. The van der Waals surface area contributed by atoms with Crippen LogP contribution in [0.4, 0.5) is 0 Å². The summed E-state index contributed by atoms with van der Waals surface area (Å²) < 4.78 is 5.61. The van der Waals surface area contributed by atoms with E-state index in [1.165, 1.54) is 0 Å². The van der Waals surface area contributed by atoms with Crippen molar-refractivity contribution in [3.05, 3.63) is 34.9 Å². The summed E-state index contributed by atoms with van der Waals surface area (Å²) >= 11 is 5.83. The van der Waals surface area contributed by atoms with E-state index in [-0.39, 0.29) is 30.5 Å². The van der Waals surface area contributed by atoms with Crippen LogP contribution in [0, 0.1) is 0 Å². The number of benzene rings is 1. The molecule has 2 rings (SSSR count). The van der Waals surface area contributed by atoms with E-state index in [0.29, 0.717) is 18.1 Å². The number of nitrogens with two attached hydrogens (primary N) is 1. The molecule has 1 heterocycles. The van der Waals surface area contributed by atoms with E-state index in [1.807, 2.05) is 24.3 Å². The van der Waals surface area contributed by atoms with E-state index >= 15 is 0 Å². The zero-order chi connectivity index (χ0) is 13.8. The van der Waals surface area contributed by atoms with Gasteiger partial charge in [0.05, 0.1) is 6.10 Å². The smallest absolute Gasteiger partial charge is 0.251 e. The second-order valence-corrected chi connectivity index (χ2v) is 5.32. The molecule has 4 nitrogen and oxygen atoms in total. The van der Waals surface area contributed by atoms with Gasteiger partial charge in [-0.25, -0.2) is 0 Å². The molecule has 0 unspecified atom stereocenters. The SMILES string of the molecule is CN(Cc1ccc(Cl)cc1)C(=O)[C@@H]1CC[C@H](CN)O1.Cl. The summed E-state index contributed by atoms with van der Waals surface area (Å²) in [5, 5.41) is 0.697. The summed E-state index contributed by atoms with van der Waals surface area (Å²) in [7, 11) is 1.79. The van der Waals surface area contributed by atoms with Gasteiger partial charge in [-0.05, 0) is 30.5 Å². The number of ether oxygens (including phenoxy) is 1. The van der Waals surface area contributed by atoms with Crippen molar-refractivity contribution in [2.24, 2.45) is 5.73 Å². The van der Waals surface area contributed by atoms with Crippen molar-refractivity contribution < 1.29 is 9.53 Å². The van der Waals surface area contributed by atoms with Crippen molar-refractivity contribution in [2.45, 2.75) is 31.6 Å². The highest BCUT2D eigenvalue weighted by atomic mass is 35.5. The second-order valence-electron chi connectivity index (χ2n) is 4.88. The van der Waals surface area contributed by atoms with E-state index < -0.39 is 0 Å². The number of hydrogen-bond donors (Lipinski definition) is 1. The summed E-state index contributed by atoms with van der Waals surface area (Å²) in [6, 6.07) is 7.49. The third kappa shape index (κ3) is 4.35. The largest absolute Gasteiger partial charge is 0.364 e. The van der Waals surface area contributed by atoms with Crippen molar-refractivity contribution in [1.29, 1.82) is 0 Å². The van der Waals surface area contributed by atoms with Crippen LogP contribution in [-0.2, 0) is 16.1 Å². The summed E-state index contributed by atoms with van der Waals surface area (Å²) in [5.74, 6) is 0.0194. The molecule has 1 aromatic rings. The third-order valence-electron chi connectivity index (χ3n) is 3.36. The van der Waals surface area contributed by atoms with Gasteiger partial charge in [0.2, 0.25) is 0 Å². The van der Waals surface area contributed by atoms with Gasteiger partial charge in [-0.2, -0.15) is 0 Å². The molecule has 0 saturated carbocycles. The van der Waals surface area contributed by atoms with Crippen LogP contribution in [0.15, 0.2) is 24.3 Å². The molecular weight excluding hydrogens is 299 g/mol. The predicted octanol–water partition coefficient (Wildman–Crippen LogP) is 2.23. The number of carbonyl (C=O) groups excluding carboxylic acids is 1. The molecule has 112 valence electrons. The van der Waals surface area contributed by atoms with Crippen LogP contribution < -0.4 is 5.73 Å². The topological polar surface area (TPSA) is 55.6 Å². The Bertz CT molecular complexity index is 439. The quantitative estimate of drug-likeness (QED) is 0.926. The second kappa shape index (κ2) is 7.84. The molecule has 1 saturated heterocycles. The van der Waals surface area contributed by atoms with Gasteiger partial charge in [0.1, 0.15) is 6.10 Å². The van der Waals surface area contributed by atoms with Gasteiger partial charge in [0, 0.05) is 25.2 Å². The van der Waals surface area contributed by atoms with Gasteiger partial charge >= 0.3 is 0 Å². The molecule has 20 heavy (non-hydrogen) atoms. The molecule has 1 aromatic carbocycles. The number of halogens is 2. The maximum Gasteiger partial charge on any atom is 0.251 e. The average Bonchev–Trinajstić information content (AvgIpc) is 2.89. The predicted molar refractivity (Wildman–Crippen MR) is 82.1 cm³/mol. The van der Waals surface area contributed by atoms with Gasteiger partial charge in [0.15, 0.2) is 0 Å². The third-order valence-corrected chi connectivity index (χ3v) is 3.61. The van der Waals surface area contributed by atoms with Gasteiger partial charge in [-0.3, -0.25) is 4.79 Å². The van der Waals surface area contributed by atoms with Gasteiger partial charge in [-0.1, -0.05) is 23.7 Å². The lowest BCUT2D eigenvalue weighted by molar-refractivity contribution is -0.141. The van der Waals surface area contributed by atoms with Crippen LogP contribution in [0.5, 0.6) is 0 Å². The van der Waals surface area contributed by atoms with Crippen LogP contribution in [0.25, 0.3) is 0 Å². The maximum absolute atomic E-state index is 12.2. The zero-order valence-corrected chi connectivity index (χ0v) is 13.0. The number of carbonyl (C=O) groups is 1. The molecule has 2 atom stereocenters. The molecule has 2 N–H and O–H groups in total. The van der Waals surface area contributed by atoms with Gasteiger partial charge < -0.3 is 15.4 Å². The summed E-state index contributed by atoms with van der Waals surface area (Å²) in [6.07, 6.45) is 1.30. The standard InChI is InChI=1S/C14H19ClN2O2.ClH/c1-17(9-10-2-4-11(15)5-3-10)14(18)13-7-6-12(8-16)19-13;/h2-5,12-13H,6-9,16H2,1H3;1H/t12-,13+;/m1./s1. The normalized spacial score (nSPS) is 21.4. The van der Waals surface area contributed by atoms with Crippen molar-refractivity contribution >= 4 is 29.9 Å². The minimum absolute atomic E-state index is 0. The first kappa shape index (κ1) is 17.2. The number of nitrogens with zero attached hydrogens (tertiary/aromatic N) is 1. The molecule has 1 aliphatic heterocycles. The Balaban J connectivity index is 0.00000200. The fraction of sp³-hybridized carbons (Fsp3) is 0.500. The van der Waals surface area contributed by atoms with Crippen LogP contribution in [0.3, 0.4) is 0 Å². The molecule has 1 amide bonds. The summed E-state index contributed by atoms with van der Waals surface area (Å²) in [5.41, 5.74) is 6.60. The monoisotopic (exact) mass is 318 g/mol. The fourth-order valence-corrected chi connectivity index (χ4v) is 2.37. The van der Waals surface area contributed by atoms with E-state index in [9.17, 15) is 4.79 Å². The molecule has 1 aliphatic rings. The highest BCUT2D eigenvalue weighted by Gasteiger charge is 2.31. The molecule has 6 heteroatoms. The van der Waals surface area contributed by atoms with Crippen LogP contribution in [-0.4, -0.2) is 36.6 Å². The Hall–Kier alpha value is -0.810. The van der Waals surface area contributed by atoms with E-state index in [2.05, 4.69) is 0 Å². The molecular formula is C14H20Cl2N2O2. The lowest BCUT2D eigenvalue weighted by atomic mass is 10.1. The Morgan fingerprint density at radius 2 is 2.05 bits per heavy atom. The van der Waals surface area contributed by atoms with Crippen LogP contribution >= 0.6 is 24.0 Å². The highest BCUT2D eigenvalue weighted by Crippen LogP contribution is 2.21. The Morgan fingerprint density at radius 1 is 1.40 bits per heavy atom. The average molecular weight is 319 g/mol. The molecule has 1 fully saturated rings. The fourth-order valence-electron chi connectivity index (χ4n) is 2.25. The van der Waals surface area contributed by atoms with Gasteiger partial charge in [0.25, 0.3) is 5.91 Å². The van der Waals surface area contributed by atoms with E-state index in [1.54, 1.807) is 11.9 Å². The molecule has 0 radical (unpaired) electrons. The van der Waals surface area contributed by atoms with Crippen molar-refractivity contribution in [1.82, 2.24) is 4.90 Å². The minimum Gasteiger partial charge on any atom is -0.364 e. The number of rotatable bonds is 4. The number of hydrogen-bond acceptors (Lipinski definition) is 3. The van der Waals surface area contributed by atoms with Gasteiger partial charge in [-0.15, -0.1) is 12.4 Å². The molecule has 0 bridgehead atoms. The first-order chi connectivity index (χ1) is 9.10. The molecule has 0 aromatic heterocycles. The maximum atomic E-state index is 12.2. The Morgan fingerprint density at radius 3 is 2.60 bits per heavy atom. The Labute approximate surface area is 130 Å². The van der Waals surface area contributed by atoms with Crippen molar-refractivity contribution in [3.8, 4) is 0 Å². The first-order valence-corrected chi connectivity index (χ1v) is 6.83. The minimum atomic E-state index is -0.342. The molecule has 0 aliphatic carbocycles. The van der Waals surface area contributed by atoms with E-state index in [0.717, 1.165) is 18.4 Å². The van der Waals surface area contributed by atoms with E-state index in [4.69, 9.17) is 22.1 Å². The zero-order valence-electron chi connectivity index (χ0n) is 11.4. The van der Waals surface area contributed by atoms with Crippen molar-refractivity contribution in [3.63, 3.8) is 0 Å². The van der Waals surface area contributed by atoms with Crippen molar-refractivity contribution in [2.75, 3.05) is 13.6 Å². The number of amides is 1. The Kier molecular flexibility index (Phi) is 6.76. The molecule has 0 spiro atoms. The highest BCUT2D eigenvalue weighted by molar-refractivity contribution is 6.30. The summed E-state index contributed by atoms with van der Waals surface area (Å²) in [6.45, 7) is 1.04.